The van der Waals surface area contributed by atoms with Crippen molar-refractivity contribution in [1.82, 2.24) is 5.32 Å². The molecule has 0 fully saturated rings. The fraction of sp³-hybridized carbons (Fsp3) is 0.222. The van der Waals surface area contributed by atoms with Gasteiger partial charge in [-0.25, -0.2) is 0 Å². The molecular formula is C18H18N2O2. The quantitative estimate of drug-likeness (QED) is 0.891. The molecule has 1 heterocycles. The number of anilines is 1. The van der Waals surface area contributed by atoms with Crippen LogP contribution in [0.25, 0.3) is 0 Å². The Kier molecular flexibility index (Phi) is 4.19. The standard InChI is InChI=1S/C18H18N2O2/c21-17(11-4-8-13-6-2-1-3-7-13)20-16-10-5-9-14-15(16)12-19-18(14)22/h1-3,5-7,9-10H,4,8,11-12H2,(H,19,22)(H,20,21). The second-order valence-electron chi connectivity index (χ2n) is 5.40. The first-order valence-corrected chi connectivity index (χ1v) is 7.48. The summed E-state index contributed by atoms with van der Waals surface area (Å²) in [5.41, 5.74) is 3.51. The minimum absolute atomic E-state index is 0.0105. The Balaban J connectivity index is 1.56. The minimum Gasteiger partial charge on any atom is -0.348 e. The number of nitrogens with one attached hydrogen (secondary N) is 2. The van der Waals surface area contributed by atoms with Gasteiger partial charge in [0.15, 0.2) is 0 Å². The van der Waals surface area contributed by atoms with Crippen molar-refractivity contribution in [2.45, 2.75) is 25.8 Å². The van der Waals surface area contributed by atoms with Crippen LogP contribution in [-0.2, 0) is 17.8 Å². The molecule has 0 spiro atoms. The van der Waals surface area contributed by atoms with E-state index in [1.807, 2.05) is 24.3 Å². The molecular weight excluding hydrogens is 276 g/mol. The summed E-state index contributed by atoms with van der Waals surface area (Å²) in [6, 6.07) is 15.6. The highest BCUT2D eigenvalue weighted by Gasteiger charge is 2.21. The molecule has 2 N–H and O–H groups in total. The summed E-state index contributed by atoms with van der Waals surface area (Å²) in [4.78, 5) is 23.7. The van der Waals surface area contributed by atoms with Gasteiger partial charge in [-0.15, -0.1) is 0 Å². The van der Waals surface area contributed by atoms with Crippen molar-refractivity contribution in [1.29, 1.82) is 0 Å². The smallest absolute Gasteiger partial charge is 0.251 e. The van der Waals surface area contributed by atoms with Gasteiger partial charge in [-0.3, -0.25) is 9.59 Å². The Hall–Kier alpha value is -2.62. The van der Waals surface area contributed by atoms with Crippen LogP contribution in [0.4, 0.5) is 5.69 Å². The summed E-state index contributed by atoms with van der Waals surface area (Å²) in [6.07, 6.45) is 2.17. The Morgan fingerprint density at radius 1 is 1.09 bits per heavy atom. The molecule has 4 heteroatoms. The second kappa shape index (κ2) is 6.43. The Labute approximate surface area is 129 Å². The van der Waals surface area contributed by atoms with Gasteiger partial charge < -0.3 is 10.6 Å². The normalized spacial score (nSPS) is 12.6. The molecule has 22 heavy (non-hydrogen) atoms. The first-order valence-electron chi connectivity index (χ1n) is 7.48. The number of aryl methyl sites for hydroxylation is 1. The van der Waals surface area contributed by atoms with E-state index in [1.54, 1.807) is 12.1 Å². The molecule has 0 radical (unpaired) electrons. The largest absolute Gasteiger partial charge is 0.348 e. The van der Waals surface area contributed by atoms with Crippen LogP contribution in [0.1, 0.15) is 34.3 Å². The van der Waals surface area contributed by atoms with Gasteiger partial charge in [0.25, 0.3) is 5.91 Å². The predicted octanol–water partition coefficient (Wildman–Crippen LogP) is 2.89. The lowest BCUT2D eigenvalue weighted by molar-refractivity contribution is -0.116. The van der Waals surface area contributed by atoms with Crippen LogP contribution in [0.3, 0.4) is 0 Å². The SMILES string of the molecule is O=C(CCCc1ccccc1)Nc1cccc2c1CNC2=O. The van der Waals surface area contributed by atoms with E-state index >= 15 is 0 Å². The maximum Gasteiger partial charge on any atom is 0.251 e. The monoisotopic (exact) mass is 294 g/mol. The van der Waals surface area contributed by atoms with Crippen LogP contribution >= 0.6 is 0 Å². The predicted molar refractivity (Wildman–Crippen MR) is 85.6 cm³/mol. The van der Waals surface area contributed by atoms with Crippen LogP contribution in [0, 0.1) is 0 Å². The summed E-state index contributed by atoms with van der Waals surface area (Å²) in [6.45, 7) is 0.481. The van der Waals surface area contributed by atoms with Crippen LogP contribution in [-0.4, -0.2) is 11.8 Å². The zero-order valence-electron chi connectivity index (χ0n) is 12.3. The third kappa shape index (κ3) is 3.17. The maximum absolute atomic E-state index is 12.1. The fourth-order valence-corrected chi connectivity index (χ4v) is 2.68. The molecule has 2 aromatic carbocycles. The molecule has 0 saturated heterocycles. The zero-order valence-corrected chi connectivity index (χ0v) is 12.3. The number of carbonyl (C=O) groups excluding carboxylic acids is 2. The number of benzene rings is 2. The highest BCUT2D eigenvalue weighted by molar-refractivity contribution is 6.02. The summed E-state index contributed by atoms with van der Waals surface area (Å²) >= 11 is 0. The van der Waals surface area contributed by atoms with Crippen LogP contribution in [0.2, 0.25) is 0 Å². The maximum atomic E-state index is 12.1. The summed E-state index contributed by atoms with van der Waals surface area (Å²) in [5, 5.41) is 5.69. The first-order chi connectivity index (χ1) is 10.7. The van der Waals surface area contributed by atoms with E-state index in [-0.39, 0.29) is 11.8 Å². The lowest BCUT2D eigenvalue weighted by Gasteiger charge is -2.09. The molecule has 0 aromatic heterocycles. The van der Waals surface area contributed by atoms with Crippen molar-refractivity contribution in [2.24, 2.45) is 0 Å². The molecule has 1 aliphatic heterocycles. The van der Waals surface area contributed by atoms with E-state index < -0.39 is 0 Å². The van der Waals surface area contributed by atoms with Gasteiger partial charge in [0.2, 0.25) is 5.91 Å². The molecule has 0 aliphatic carbocycles. The van der Waals surface area contributed by atoms with Gasteiger partial charge in [-0.05, 0) is 30.5 Å². The molecule has 0 unspecified atom stereocenters. The van der Waals surface area contributed by atoms with Gasteiger partial charge >= 0.3 is 0 Å². The third-order valence-electron chi connectivity index (χ3n) is 3.83. The first kappa shape index (κ1) is 14.3. The van der Waals surface area contributed by atoms with Crippen LogP contribution < -0.4 is 10.6 Å². The lowest BCUT2D eigenvalue weighted by Crippen LogP contribution is -2.13. The highest BCUT2D eigenvalue weighted by Crippen LogP contribution is 2.24. The van der Waals surface area contributed by atoms with Crippen molar-refractivity contribution in [3.63, 3.8) is 0 Å². The van der Waals surface area contributed by atoms with E-state index in [1.165, 1.54) is 5.56 Å². The van der Waals surface area contributed by atoms with Gasteiger partial charge in [0.05, 0.1) is 0 Å². The molecule has 0 bridgehead atoms. The molecule has 112 valence electrons. The molecule has 2 amide bonds. The van der Waals surface area contributed by atoms with Crippen LogP contribution in [0.15, 0.2) is 48.5 Å². The van der Waals surface area contributed by atoms with Gasteiger partial charge in [0.1, 0.15) is 0 Å². The van der Waals surface area contributed by atoms with Crippen molar-refractivity contribution >= 4 is 17.5 Å². The van der Waals surface area contributed by atoms with Crippen molar-refractivity contribution in [2.75, 3.05) is 5.32 Å². The number of amides is 2. The molecule has 4 nitrogen and oxygen atoms in total. The van der Waals surface area contributed by atoms with Crippen LogP contribution in [0.5, 0.6) is 0 Å². The number of carbonyl (C=O) groups is 2. The van der Waals surface area contributed by atoms with E-state index in [0.717, 1.165) is 24.1 Å². The molecule has 1 aliphatic rings. The number of hydrogen-bond donors (Lipinski definition) is 2. The lowest BCUT2D eigenvalue weighted by atomic mass is 10.1. The second-order valence-corrected chi connectivity index (χ2v) is 5.40. The van der Waals surface area contributed by atoms with E-state index in [4.69, 9.17) is 0 Å². The highest BCUT2D eigenvalue weighted by atomic mass is 16.2. The number of fused-ring (bicyclic) bond motifs is 1. The topological polar surface area (TPSA) is 58.2 Å². The number of rotatable bonds is 5. The Bertz CT molecular complexity index is 695. The minimum atomic E-state index is -0.0739. The molecule has 3 rings (SSSR count). The van der Waals surface area contributed by atoms with Crippen molar-refractivity contribution in [3.8, 4) is 0 Å². The van der Waals surface area contributed by atoms with E-state index in [9.17, 15) is 9.59 Å². The van der Waals surface area contributed by atoms with Gasteiger partial charge in [-0.2, -0.15) is 0 Å². The Morgan fingerprint density at radius 2 is 1.91 bits per heavy atom. The van der Waals surface area contributed by atoms with Crippen molar-refractivity contribution in [3.05, 3.63) is 65.2 Å². The zero-order chi connectivity index (χ0) is 15.4. The molecule has 0 atom stereocenters. The van der Waals surface area contributed by atoms with E-state index in [2.05, 4.69) is 22.8 Å². The Morgan fingerprint density at radius 3 is 2.73 bits per heavy atom. The van der Waals surface area contributed by atoms with Gasteiger partial charge in [-0.1, -0.05) is 36.4 Å². The molecule has 2 aromatic rings. The average molecular weight is 294 g/mol. The average Bonchev–Trinajstić information content (AvgIpc) is 2.91. The molecule has 0 saturated carbocycles. The fourth-order valence-electron chi connectivity index (χ4n) is 2.68. The summed E-state index contributed by atoms with van der Waals surface area (Å²) in [5.74, 6) is -0.0844. The third-order valence-corrected chi connectivity index (χ3v) is 3.83. The van der Waals surface area contributed by atoms with Gasteiger partial charge in [0, 0.05) is 29.8 Å². The summed E-state index contributed by atoms with van der Waals surface area (Å²) in [7, 11) is 0. The van der Waals surface area contributed by atoms with Crippen molar-refractivity contribution < 1.29 is 9.59 Å². The van der Waals surface area contributed by atoms with E-state index in [0.29, 0.717) is 18.5 Å². The number of hydrogen-bond acceptors (Lipinski definition) is 2. The summed E-state index contributed by atoms with van der Waals surface area (Å²) < 4.78 is 0.